The summed E-state index contributed by atoms with van der Waals surface area (Å²) in [6, 6.07) is 0.250. The maximum atomic E-state index is 12.6. The second kappa shape index (κ2) is 6.93. The lowest BCUT2D eigenvalue weighted by atomic mass is 9.82. The van der Waals surface area contributed by atoms with E-state index in [0.29, 0.717) is 23.8 Å². The molecule has 134 valence electrons. The number of hydrogen-bond donors (Lipinski definition) is 1. The van der Waals surface area contributed by atoms with Gasteiger partial charge in [0, 0.05) is 32.6 Å². The Bertz CT molecular complexity index is 753. The van der Waals surface area contributed by atoms with Crippen LogP contribution in [0.5, 0.6) is 0 Å². The van der Waals surface area contributed by atoms with E-state index < -0.39 is 0 Å². The highest BCUT2D eigenvalue weighted by Crippen LogP contribution is 2.31. The highest BCUT2D eigenvalue weighted by Gasteiger charge is 2.30. The van der Waals surface area contributed by atoms with Crippen LogP contribution in [-0.2, 0) is 11.8 Å². The molecule has 1 aliphatic carbocycles. The van der Waals surface area contributed by atoms with Gasteiger partial charge in [0.2, 0.25) is 5.91 Å². The topological polar surface area (TPSA) is 88.8 Å². The second-order valence-electron chi connectivity index (χ2n) is 7.19. The molecule has 1 N–H and O–H groups in total. The average molecular weight is 343 g/mol. The van der Waals surface area contributed by atoms with E-state index in [1.165, 1.54) is 12.8 Å². The van der Waals surface area contributed by atoms with Gasteiger partial charge in [0.05, 0.1) is 0 Å². The van der Waals surface area contributed by atoms with Crippen molar-refractivity contribution >= 4 is 22.9 Å². The molecule has 25 heavy (non-hydrogen) atoms. The van der Waals surface area contributed by atoms with Crippen molar-refractivity contribution in [3.63, 3.8) is 0 Å². The van der Waals surface area contributed by atoms with E-state index in [1.807, 2.05) is 11.9 Å². The lowest BCUT2D eigenvalue weighted by molar-refractivity contribution is -0.131. The lowest BCUT2D eigenvalue weighted by Crippen LogP contribution is -2.37. The number of nitrogens with one attached hydrogen (secondary N) is 1. The van der Waals surface area contributed by atoms with E-state index in [0.717, 1.165) is 50.2 Å². The molecule has 1 saturated carbocycles. The molecule has 8 nitrogen and oxygen atoms in total. The summed E-state index contributed by atoms with van der Waals surface area (Å²) < 4.78 is 1.65. The summed E-state index contributed by atoms with van der Waals surface area (Å²) in [5.74, 6) is 1.38. The van der Waals surface area contributed by atoms with Crippen LogP contribution in [0.25, 0.3) is 11.2 Å². The predicted molar refractivity (Wildman–Crippen MR) is 93.9 cm³/mol. The van der Waals surface area contributed by atoms with E-state index in [9.17, 15) is 4.79 Å². The number of hydrogen-bond acceptors (Lipinski definition) is 6. The van der Waals surface area contributed by atoms with Gasteiger partial charge >= 0.3 is 0 Å². The van der Waals surface area contributed by atoms with Crippen molar-refractivity contribution in [3.8, 4) is 0 Å². The monoisotopic (exact) mass is 343 g/mol. The molecule has 2 aromatic heterocycles. The number of aryl methyl sites for hydroxylation is 1. The number of anilines is 1. The Balaban J connectivity index is 1.49. The van der Waals surface area contributed by atoms with Crippen molar-refractivity contribution in [1.82, 2.24) is 29.9 Å². The van der Waals surface area contributed by atoms with Crippen LogP contribution in [0, 0.1) is 5.92 Å². The first-order chi connectivity index (χ1) is 12.2. The van der Waals surface area contributed by atoms with Crippen molar-refractivity contribution in [3.05, 3.63) is 6.33 Å². The van der Waals surface area contributed by atoms with Gasteiger partial charge in [-0.2, -0.15) is 0 Å². The fourth-order valence-corrected chi connectivity index (χ4v) is 4.10. The zero-order chi connectivity index (χ0) is 17.2. The summed E-state index contributed by atoms with van der Waals surface area (Å²) >= 11 is 0. The van der Waals surface area contributed by atoms with Gasteiger partial charge in [0.15, 0.2) is 17.0 Å². The normalized spacial score (nSPS) is 24.0. The summed E-state index contributed by atoms with van der Waals surface area (Å²) in [4.78, 5) is 23.2. The first kappa shape index (κ1) is 16.2. The maximum absolute atomic E-state index is 12.6. The summed E-state index contributed by atoms with van der Waals surface area (Å²) in [7, 11) is 1.82. The molecule has 2 aromatic rings. The predicted octanol–water partition coefficient (Wildman–Crippen LogP) is 1.74. The highest BCUT2D eigenvalue weighted by atomic mass is 16.2. The molecule has 1 aliphatic heterocycles. The molecular formula is C17H25N7O. The zero-order valence-electron chi connectivity index (χ0n) is 14.7. The largest absolute Gasteiger partial charge is 0.365 e. The van der Waals surface area contributed by atoms with E-state index in [-0.39, 0.29) is 6.04 Å². The average Bonchev–Trinajstić information content (AvgIpc) is 3.28. The number of amides is 1. The number of rotatable bonds is 4. The van der Waals surface area contributed by atoms with Gasteiger partial charge in [0.1, 0.15) is 6.33 Å². The van der Waals surface area contributed by atoms with Crippen LogP contribution in [0.1, 0.15) is 44.9 Å². The van der Waals surface area contributed by atoms with Crippen molar-refractivity contribution in [2.75, 3.05) is 18.4 Å². The third-order valence-electron chi connectivity index (χ3n) is 5.52. The molecule has 2 fully saturated rings. The fourth-order valence-electron chi connectivity index (χ4n) is 4.10. The van der Waals surface area contributed by atoms with Gasteiger partial charge in [-0.15, -0.1) is 5.10 Å². The van der Waals surface area contributed by atoms with Gasteiger partial charge < -0.3 is 10.2 Å². The van der Waals surface area contributed by atoms with Crippen LogP contribution >= 0.6 is 0 Å². The molecule has 0 radical (unpaired) electrons. The molecular weight excluding hydrogens is 318 g/mol. The van der Waals surface area contributed by atoms with Crippen LogP contribution in [0.2, 0.25) is 0 Å². The Labute approximate surface area is 147 Å². The minimum atomic E-state index is 0.250. The molecule has 0 aromatic carbocycles. The molecule has 1 amide bonds. The van der Waals surface area contributed by atoms with Crippen LogP contribution in [0.3, 0.4) is 0 Å². The van der Waals surface area contributed by atoms with Crippen molar-refractivity contribution in [2.24, 2.45) is 13.0 Å². The van der Waals surface area contributed by atoms with E-state index >= 15 is 0 Å². The van der Waals surface area contributed by atoms with Crippen molar-refractivity contribution in [2.45, 2.75) is 51.0 Å². The summed E-state index contributed by atoms with van der Waals surface area (Å²) in [5, 5.41) is 11.8. The van der Waals surface area contributed by atoms with E-state index in [4.69, 9.17) is 0 Å². The Hall–Kier alpha value is -2.25. The molecule has 1 saturated heterocycles. The van der Waals surface area contributed by atoms with Crippen LogP contribution in [-0.4, -0.2) is 54.9 Å². The Morgan fingerprint density at radius 2 is 2.00 bits per heavy atom. The summed E-state index contributed by atoms with van der Waals surface area (Å²) in [5.41, 5.74) is 1.41. The summed E-state index contributed by atoms with van der Waals surface area (Å²) in [6.45, 7) is 1.85. The third-order valence-corrected chi connectivity index (χ3v) is 5.52. The molecule has 8 heteroatoms. The lowest BCUT2D eigenvalue weighted by Gasteiger charge is -2.33. The summed E-state index contributed by atoms with van der Waals surface area (Å²) in [6.07, 6.45) is 8.98. The van der Waals surface area contributed by atoms with Gasteiger partial charge in [-0.05, 0) is 31.6 Å². The van der Waals surface area contributed by atoms with Crippen LogP contribution in [0.15, 0.2) is 6.33 Å². The first-order valence-electron chi connectivity index (χ1n) is 9.27. The van der Waals surface area contributed by atoms with E-state index in [2.05, 4.69) is 25.6 Å². The fraction of sp³-hybridized carbons (Fsp3) is 0.706. The van der Waals surface area contributed by atoms with Crippen molar-refractivity contribution < 1.29 is 4.79 Å². The maximum Gasteiger partial charge on any atom is 0.222 e. The first-order valence-corrected chi connectivity index (χ1v) is 9.27. The molecule has 4 rings (SSSR count). The molecule has 0 spiro atoms. The number of nitrogens with zero attached hydrogens (tertiary/aromatic N) is 6. The minimum Gasteiger partial charge on any atom is -0.365 e. The Morgan fingerprint density at radius 3 is 2.84 bits per heavy atom. The van der Waals surface area contributed by atoms with Crippen LogP contribution < -0.4 is 5.32 Å². The highest BCUT2D eigenvalue weighted by molar-refractivity contribution is 5.82. The van der Waals surface area contributed by atoms with Gasteiger partial charge in [-0.3, -0.25) is 4.79 Å². The molecule has 2 aliphatic rings. The number of aromatic nitrogens is 5. The van der Waals surface area contributed by atoms with Crippen LogP contribution in [0.4, 0.5) is 5.82 Å². The number of likely N-dealkylation sites (tertiary alicyclic amines) is 1. The SMILES string of the molecule is Cn1nnc2c(N[C@H]3CCCC[C@H]3CC(=O)N3CCCC3)ncnc21. The Kier molecular flexibility index (Phi) is 4.50. The quantitative estimate of drug-likeness (QED) is 0.910. The second-order valence-corrected chi connectivity index (χ2v) is 7.19. The third kappa shape index (κ3) is 3.29. The number of fused-ring (bicyclic) bond motifs is 1. The molecule has 3 heterocycles. The number of carbonyl (C=O) groups is 1. The van der Waals surface area contributed by atoms with Gasteiger partial charge in [0.25, 0.3) is 0 Å². The smallest absolute Gasteiger partial charge is 0.222 e. The molecule has 2 atom stereocenters. The molecule has 0 unspecified atom stereocenters. The Morgan fingerprint density at radius 1 is 1.20 bits per heavy atom. The van der Waals surface area contributed by atoms with Gasteiger partial charge in [-0.25, -0.2) is 14.6 Å². The van der Waals surface area contributed by atoms with Gasteiger partial charge in [-0.1, -0.05) is 18.1 Å². The standard InChI is InChI=1S/C17H25N7O/c1-23-17-15(21-22-23)16(18-11-19-17)20-13-7-3-2-6-12(13)10-14(25)24-8-4-5-9-24/h11-13H,2-10H2,1H3,(H,18,19,20)/t12-,13-/m0/s1. The van der Waals surface area contributed by atoms with E-state index in [1.54, 1.807) is 11.0 Å². The molecule has 0 bridgehead atoms. The zero-order valence-corrected chi connectivity index (χ0v) is 14.7. The van der Waals surface area contributed by atoms with Crippen molar-refractivity contribution in [1.29, 1.82) is 0 Å². The minimum absolute atomic E-state index is 0.250. The number of carbonyl (C=O) groups excluding carboxylic acids is 1.